The second kappa shape index (κ2) is 12.5. The topological polar surface area (TPSA) is 0 Å². The smallest absolute Gasteiger partial charge is 0.0846 e. The Morgan fingerprint density at radius 3 is 1.56 bits per heavy atom. The number of hydrogen-bond acceptors (Lipinski definition) is 0. The molecule has 25 heavy (non-hydrogen) atoms. The van der Waals surface area contributed by atoms with Gasteiger partial charge in [-0.1, -0.05) is 87.4 Å². The van der Waals surface area contributed by atoms with Crippen molar-refractivity contribution in [2.45, 2.75) is 58.3 Å². The maximum atomic E-state index is 2.37. The highest BCUT2D eigenvalue weighted by Gasteiger charge is 2.36. The summed E-state index contributed by atoms with van der Waals surface area (Å²) in [5.41, 5.74) is 3.09. The second-order valence-electron chi connectivity index (χ2n) is 7.14. The number of benzene rings is 2. The normalized spacial score (nSPS) is 11.1. The molecule has 0 bridgehead atoms. The van der Waals surface area contributed by atoms with Crippen molar-refractivity contribution in [2.24, 2.45) is 0 Å². The van der Waals surface area contributed by atoms with E-state index in [2.05, 4.69) is 74.5 Å². The van der Waals surface area contributed by atoms with Crippen LogP contribution in [0.1, 0.15) is 57.1 Å². The number of hydrogen-bond donors (Lipinski definition) is 0. The lowest BCUT2D eigenvalue weighted by Gasteiger charge is -2.28. The molecule has 0 fully saturated rings. The van der Waals surface area contributed by atoms with Crippen LogP contribution < -0.4 is 12.4 Å². The first-order chi connectivity index (χ1) is 11.8. The second-order valence-corrected chi connectivity index (χ2v) is 11.3. The molecule has 0 radical (unpaired) electrons. The van der Waals surface area contributed by atoms with Gasteiger partial charge in [0.2, 0.25) is 0 Å². The van der Waals surface area contributed by atoms with Crippen LogP contribution in [0.2, 0.25) is 0 Å². The van der Waals surface area contributed by atoms with E-state index in [-0.39, 0.29) is 12.4 Å². The van der Waals surface area contributed by atoms with Crippen LogP contribution in [0.3, 0.4) is 0 Å². The standard InChI is InChI=1S/C23H34P.ClH/c1-3-5-6-13-19-24(18-4-2,20-22-14-9-7-10-15-22)21-23-16-11-8-12-17-23;/h7-12,14-17H,3-6,13,18-21H2,1-2H3;1H/q+1;/p-1. The summed E-state index contributed by atoms with van der Waals surface area (Å²) in [4.78, 5) is 0. The van der Waals surface area contributed by atoms with Crippen molar-refractivity contribution in [1.29, 1.82) is 0 Å². The van der Waals surface area contributed by atoms with Crippen molar-refractivity contribution in [2.75, 3.05) is 12.3 Å². The Labute approximate surface area is 162 Å². The molecule has 2 rings (SSSR count). The van der Waals surface area contributed by atoms with Crippen LogP contribution in [-0.4, -0.2) is 12.3 Å². The first-order valence-electron chi connectivity index (χ1n) is 9.71. The first-order valence-corrected chi connectivity index (χ1v) is 12.2. The minimum atomic E-state index is -0.980. The van der Waals surface area contributed by atoms with Gasteiger partial charge < -0.3 is 12.4 Å². The summed E-state index contributed by atoms with van der Waals surface area (Å²) in [6, 6.07) is 22.4. The van der Waals surface area contributed by atoms with E-state index in [0.717, 1.165) is 0 Å². The molecule has 0 aliphatic heterocycles. The fourth-order valence-corrected chi connectivity index (χ4v) is 8.56. The van der Waals surface area contributed by atoms with Crippen LogP contribution in [0.5, 0.6) is 0 Å². The molecule has 0 N–H and O–H groups in total. The van der Waals surface area contributed by atoms with Gasteiger partial charge in [-0.3, -0.25) is 0 Å². The highest BCUT2D eigenvalue weighted by molar-refractivity contribution is 7.74. The molecule has 0 unspecified atom stereocenters. The molecule has 0 nitrogen and oxygen atoms in total. The van der Waals surface area contributed by atoms with E-state index in [4.69, 9.17) is 0 Å². The predicted molar refractivity (Wildman–Crippen MR) is 111 cm³/mol. The van der Waals surface area contributed by atoms with Gasteiger partial charge in [-0.05, 0) is 30.4 Å². The van der Waals surface area contributed by atoms with E-state index >= 15 is 0 Å². The molecule has 2 aromatic rings. The van der Waals surface area contributed by atoms with Gasteiger partial charge in [0, 0.05) is 7.26 Å². The van der Waals surface area contributed by atoms with Crippen molar-refractivity contribution in [3.05, 3.63) is 71.8 Å². The van der Waals surface area contributed by atoms with E-state index in [0.29, 0.717) is 0 Å². The maximum absolute atomic E-state index is 2.37. The molecule has 0 aliphatic carbocycles. The minimum absolute atomic E-state index is 0. The average Bonchev–Trinajstić information content (AvgIpc) is 2.61. The third-order valence-electron chi connectivity index (χ3n) is 4.91. The van der Waals surface area contributed by atoms with Gasteiger partial charge >= 0.3 is 0 Å². The lowest BCUT2D eigenvalue weighted by atomic mass is 10.2. The summed E-state index contributed by atoms with van der Waals surface area (Å²) in [6.07, 6.45) is 12.4. The lowest BCUT2D eigenvalue weighted by Crippen LogP contribution is -3.00. The Kier molecular flexibility index (Phi) is 11.1. The van der Waals surface area contributed by atoms with E-state index < -0.39 is 7.26 Å². The highest BCUT2D eigenvalue weighted by Crippen LogP contribution is 2.65. The Morgan fingerprint density at radius 2 is 1.12 bits per heavy atom. The molecule has 0 spiro atoms. The first kappa shape index (κ1) is 22.2. The molecule has 0 aliphatic rings. The molecule has 2 heteroatoms. The number of unbranched alkanes of at least 4 members (excludes halogenated alkanes) is 3. The fraction of sp³-hybridized carbons (Fsp3) is 0.478. The van der Waals surface area contributed by atoms with Crippen LogP contribution in [-0.2, 0) is 12.3 Å². The van der Waals surface area contributed by atoms with Crippen LogP contribution in [0.25, 0.3) is 0 Å². The summed E-state index contributed by atoms with van der Waals surface area (Å²) in [6.45, 7) is 4.68. The zero-order valence-electron chi connectivity index (χ0n) is 16.0. The Hall–Kier alpha value is -0.840. The zero-order valence-corrected chi connectivity index (χ0v) is 17.6. The lowest BCUT2D eigenvalue weighted by molar-refractivity contribution is -0.00000525. The summed E-state index contributed by atoms with van der Waals surface area (Å²) in [7, 11) is -0.980. The van der Waals surface area contributed by atoms with Crippen LogP contribution in [0, 0.1) is 0 Å². The van der Waals surface area contributed by atoms with Crippen LogP contribution >= 0.6 is 7.26 Å². The maximum Gasteiger partial charge on any atom is 0.0846 e. The molecule has 0 saturated heterocycles. The van der Waals surface area contributed by atoms with Crippen LogP contribution in [0.4, 0.5) is 0 Å². The molecule has 0 aromatic heterocycles. The van der Waals surface area contributed by atoms with Crippen molar-refractivity contribution in [1.82, 2.24) is 0 Å². The molecule has 0 amide bonds. The molecular formula is C23H34ClP. The van der Waals surface area contributed by atoms with E-state index in [1.165, 1.54) is 56.8 Å². The van der Waals surface area contributed by atoms with Gasteiger partial charge in [-0.25, -0.2) is 0 Å². The van der Waals surface area contributed by atoms with Gasteiger partial charge in [0.15, 0.2) is 0 Å². The van der Waals surface area contributed by atoms with Crippen molar-refractivity contribution < 1.29 is 12.4 Å². The molecule has 2 aromatic carbocycles. The molecule has 138 valence electrons. The quantitative estimate of drug-likeness (QED) is 0.403. The van der Waals surface area contributed by atoms with Crippen molar-refractivity contribution in [3.8, 4) is 0 Å². The highest BCUT2D eigenvalue weighted by atomic mass is 35.5. The van der Waals surface area contributed by atoms with Gasteiger partial charge in [0.25, 0.3) is 0 Å². The van der Waals surface area contributed by atoms with Gasteiger partial charge in [0.1, 0.15) is 0 Å². The zero-order chi connectivity index (χ0) is 17.1. The van der Waals surface area contributed by atoms with Crippen LogP contribution in [0.15, 0.2) is 60.7 Å². The molecule has 0 heterocycles. The Bertz CT molecular complexity index is 511. The SMILES string of the molecule is CCCCCC[P+](CCC)(Cc1ccccc1)Cc1ccccc1.[Cl-]. The van der Waals surface area contributed by atoms with Gasteiger partial charge in [0.05, 0.1) is 24.6 Å². The fourth-order valence-electron chi connectivity index (χ4n) is 3.77. The number of rotatable bonds is 11. The Morgan fingerprint density at radius 1 is 0.600 bits per heavy atom. The van der Waals surface area contributed by atoms with E-state index in [9.17, 15) is 0 Å². The largest absolute Gasteiger partial charge is 1.00 e. The summed E-state index contributed by atoms with van der Waals surface area (Å²) in [5, 5.41) is 0. The van der Waals surface area contributed by atoms with Crippen molar-refractivity contribution >= 4 is 7.26 Å². The summed E-state index contributed by atoms with van der Waals surface area (Å²) < 4.78 is 0. The molecular weight excluding hydrogens is 343 g/mol. The van der Waals surface area contributed by atoms with Gasteiger partial charge in [-0.15, -0.1) is 0 Å². The minimum Gasteiger partial charge on any atom is -1.00 e. The predicted octanol–water partition coefficient (Wildman–Crippen LogP) is 4.40. The van der Waals surface area contributed by atoms with Gasteiger partial charge in [-0.2, -0.15) is 0 Å². The monoisotopic (exact) mass is 376 g/mol. The Balaban J connectivity index is 0.00000312. The molecule has 0 atom stereocenters. The summed E-state index contributed by atoms with van der Waals surface area (Å²) in [5.74, 6) is 0. The van der Waals surface area contributed by atoms with Crippen molar-refractivity contribution in [3.63, 3.8) is 0 Å². The third kappa shape index (κ3) is 7.93. The average molecular weight is 377 g/mol. The molecule has 0 saturated carbocycles. The third-order valence-corrected chi connectivity index (χ3v) is 9.64. The number of halogens is 1. The van der Waals surface area contributed by atoms with E-state index in [1.807, 2.05) is 0 Å². The summed E-state index contributed by atoms with van der Waals surface area (Å²) >= 11 is 0. The van der Waals surface area contributed by atoms with E-state index in [1.54, 1.807) is 11.1 Å².